The number of thioether (sulfide) groups is 1. The minimum absolute atomic E-state index is 0.256. The number of aryl methyl sites for hydroxylation is 1. The highest BCUT2D eigenvalue weighted by atomic mass is 32.2. The van der Waals surface area contributed by atoms with Gasteiger partial charge < -0.3 is 9.47 Å². The lowest BCUT2D eigenvalue weighted by atomic mass is 10.2. The summed E-state index contributed by atoms with van der Waals surface area (Å²) in [5.41, 5.74) is 1.79. The Morgan fingerprint density at radius 1 is 1.10 bits per heavy atom. The molecule has 0 saturated carbocycles. The monoisotopic (exact) mass is 310 g/mol. The van der Waals surface area contributed by atoms with Crippen molar-refractivity contribution in [1.29, 1.82) is 0 Å². The van der Waals surface area contributed by atoms with Crippen LogP contribution in [0.4, 0.5) is 8.78 Å². The second kappa shape index (κ2) is 7.31. The standard InChI is InChI=1S/C16H16F2O2S/c1-11-4-3-5-14(15(11)20-16(17)18)21-10-12-6-8-13(19-2)9-7-12/h3-9,16H,10H2,1-2H3. The number of ether oxygens (including phenoxy) is 2. The van der Waals surface area contributed by atoms with Gasteiger partial charge in [-0.2, -0.15) is 8.78 Å². The van der Waals surface area contributed by atoms with Crippen molar-refractivity contribution in [2.45, 2.75) is 24.2 Å². The molecule has 0 heterocycles. The van der Waals surface area contributed by atoms with Gasteiger partial charge in [0.2, 0.25) is 0 Å². The van der Waals surface area contributed by atoms with E-state index >= 15 is 0 Å². The molecule has 2 aromatic rings. The van der Waals surface area contributed by atoms with Gasteiger partial charge in [-0.3, -0.25) is 0 Å². The van der Waals surface area contributed by atoms with Gasteiger partial charge in [-0.05, 0) is 36.2 Å². The van der Waals surface area contributed by atoms with E-state index in [1.165, 1.54) is 11.8 Å². The predicted molar refractivity (Wildman–Crippen MR) is 80.4 cm³/mol. The maximum atomic E-state index is 12.5. The van der Waals surface area contributed by atoms with Gasteiger partial charge in [0.1, 0.15) is 11.5 Å². The maximum Gasteiger partial charge on any atom is 0.387 e. The fourth-order valence-electron chi connectivity index (χ4n) is 1.86. The molecule has 0 saturated heterocycles. The Morgan fingerprint density at radius 3 is 2.43 bits per heavy atom. The summed E-state index contributed by atoms with van der Waals surface area (Å²) in [6.45, 7) is -1.05. The lowest BCUT2D eigenvalue weighted by Crippen LogP contribution is -2.04. The molecule has 0 fully saturated rings. The van der Waals surface area contributed by atoms with Gasteiger partial charge in [0.25, 0.3) is 0 Å². The minimum Gasteiger partial charge on any atom is -0.497 e. The molecule has 0 atom stereocenters. The van der Waals surface area contributed by atoms with Crippen molar-refractivity contribution >= 4 is 11.8 Å². The van der Waals surface area contributed by atoms with Crippen LogP contribution in [0, 0.1) is 6.92 Å². The van der Waals surface area contributed by atoms with E-state index in [4.69, 9.17) is 4.74 Å². The van der Waals surface area contributed by atoms with Crippen LogP contribution in [0.25, 0.3) is 0 Å². The molecule has 112 valence electrons. The SMILES string of the molecule is COc1ccc(CSc2cccc(C)c2OC(F)F)cc1. The summed E-state index contributed by atoms with van der Waals surface area (Å²) in [4.78, 5) is 0.714. The van der Waals surface area contributed by atoms with E-state index in [9.17, 15) is 8.78 Å². The predicted octanol–water partition coefficient (Wildman–Crippen LogP) is 4.90. The zero-order chi connectivity index (χ0) is 15.2. The van der Waals surface area contributed by atoms with E-state index in [0.717, 1.165) is 11.3 Å². The van der Waals surface area contributed by atoms with Crippen molar-refractivity contribution in [3.63, 3.8) is 0 Å². The third kappa shape index (κ3) is 4.36. The summed E-state index contributed by atoms with van der Waals surface area (Å²) in [6, 6.07) is 13.0. The Bertz CT molecular complexity index is 585. The molecular weight excluding hydrogens is 294 g/mol. The average Bonchev–Trinajstić information content (AvgIpc) is 2.48. The second-order valence-corrected chi connectivity index (χ2v) is 5.43. The van der Waals surface area contributed by atoms with Crippen molar-refractivity contribution < 1.29 is 18.3 Å². The molecule has 0 spiro atoms. The van der Waals surface area contributed by atoms with Crippen LogP contribution in [0.5, 0.6) is 11.5 Å². The van der Waals surface area contributed by atoms with Crippen LogP contribution in [0.15, 0.2) is 47.4 Å². The number of methoxy groups -OCH3 is 1. The molecule has 2 aromatic carbocycles. The van der Waals surface area contributed by atoms with Gasteiger partial charge in [0.15, 0.2) is 0 Å². The first-order valence-electron chi connectivity index (χ1n) is 6.40. The summed E-state index contributed by atoms with van der Waals surface area (Å²) in [5, 5.41) is 0. The summed E-state index contributed by atoms with van der Waals surface area (Å²) in [5.74, 6) is 1.72. The number of alkyl halides is 2. The zero-order valence-electron chi connectivity index (χ0n) is 11.8. The van der Waals surface area contributed by atoms with Gasteiger partial charge in [0.05, 0.1) is 12.0 Å². The Kier molecular flexibility index (Phi) is 5.44. The Hall–Kier alpha value is -1.75. The van der Waals surface area contributed by atoms with Gasteiger partial charge in [-0.15, -0.1) is 11.8 Å². The quantitative estimate of drug-likeness (QED) is 0.707. The van der Waals surface area contributed by atoms with Crippen molar-refractivity contribution in [2.75, 3.05) is 7.11 Å². The number of hydrogen-bond donors (Lipinski definition) is 0. The molecule has 0 amide bonds. The fraction of sp³-hybridized carbons (Fsp3) is 0.250. The Balaban J connectivity index is 2.10. The van der Waals surface area contributed by atoms with E-state index in [0.29, 0.717) is 16.2 Å². The number of hydrogen-bond acceptors (Lipinski definition) is 3. The van der Waals surface area contributed by atoms with Crippen molar-refractivity contribution in [3.05, 3.63) is 53.6 Å². The molecule has 0 aliphatic rings. The lowest BCUT2D eigenvalue weighted by Gasteiger charge is -2.13. The zero-order valence-corrected chi connectivity index (χ0v) is 12.6. The van der Waals surface area contributed by atoms with Crippen LogP contribution in [0.3, 0.4) is 0 Å². The molecule has 0 bridgehead atoms. The fourth-order valence-corrected chi connectivity index (χ4v) is 2.89. The van der Waals surface area contributed by atoms with Crippen LogP contribution in [-0.4, -0.2) is 13.7 Å². The summed E-state index contributed by atoms with van der Waals surface area (Å²) < 4.78 is 34.7. The van der Waals surface area contributed by atoms with E-state index in [1.807, 2.05) is 30.3 Å². The van der Waals surface area contributed by atoms with Crippen molar-refractivity contribution in [1.82, 2.24) is 0 Å². The normalized spacial score (nSPS) is 10.7. The third-order valence-corrected chi connectivity index (χ3v) is 4.05. The summed E-state index contributed by atoms with van der Waals surface area (Å²) >= 11 is 1.47. The van der Waals surface area contributed by atoms with E-state index in [-0.39, 0.29) is 5.75 Å². The van der Waals surface area contributed by atoms with E-state index in [2.05, 4.69) is 4.74 Å². The minimum atomic E-state index is -2.81. The molecule has 5 heteroatoms. The van der Waals surface area contributed by atoms with Gasteiger partial charge >= 0.3 is 6.61 Å². The number of para-hydroxylation sites is 1. The van der Waals surface area contributed by atoms with Crippen LogP contribution in [0.2, 0.25) is 0 Å². The van der Waals surface area contributed by atoms with E-state index in [1.54, 1.807) is 26.2 Å². The Labute approximate surface area is 127 Å². The average molecular weight is 310 g/mol. The highest BCUT2D eigenvalue weighted by Gasteiger charge is 2.12. The lowest BCUT2D eigenvalue weighted by molar-refractivity contribution is -0.0521. The first-order chi connectivity index (χ1) is 10.1. The molecule has 0 unspecified atom stereocenters. The Morgan fingerprint density at radius 2 is 1.81 bits per heavy atom. The smallest absolute Gasteiger partial charge is 0.387 e. The molecule has 2 nitrogen and oxygen atoms in total. The largest absolute Gasteiger partial charge is 0.497 e. The molecule has 2 rings (SSSR count). The van der Waals surface area contributed by atoms with Crippen LogP contribution in [-0.2, 0) is 5.75 Å². The number of benzene rings is 2. The van der Waals surface area contributed by atoms with Gasteiger partial charge in [0, 0.05) is 5.75 Å². The first-order valence-corrected chi connectivity index (χ1v) is 7.39. The van der Waals surface area contributed by atoms with Crippen molar-refractivity contribution in [2.24, 2.45) is 0 Å². The van der Waals surface area contributed by atoms with Gasteiger partial charge in [-0.1, -0.05) is 24.3 Å². The maximum absolute atomic E-state index is 12.5. The summed E-state index contributed by atoms with van der Waals surface area (Å²) in [7, 11) is 1.62. The number of rotatable bonds is 6. The molecular formula is C16H16F2O2S. The molecule has 0 aromatic heterocycles. The third-order valence-electron chi connectivity index (χ3n) is 2.94. The molecule has 0 radical (unpaired) electrons. The van der Waals surface area contributed by atoms with Crippen LogP contribution < -0.4 is 9.47 Å². The van der Waals surface area contributed by atoms with Gasteiger partial charge in [-0.25, -0.2) is 0 Å². The van der Waals surface area contributed by atoms with Crippen LogP contribution in [0.1, 0.15) is 11.1 Å². The number of halogens is 2. The molecule has 0 N–H and O–H groups in total. The molecule has 21 heavy (non-hydrogen) atoms. The highest BCUT2D eigenvalue weighted by Crippen LogP contribution is 2.35. The van der Waals surface area contributed by atoms with E-state index < -0.39 is 6.61 Å². The second-order valence-electron chi connectivity index (χ2n) is 4.42. The summed E-state index contributed by atoms with van der Waals surface area (Å²) in [6.07, 6.45) is 0. The topological polar surface area (TPSA) is 18.5 Å². The van der Waals surface area contributed by atoms with Crippen molar-refractivity contribution in [3.8, 4) is 11.5 Å². The molecule has 0 aliphatic carbocycles. The highest BCUT2D eigenvalue weighted by molar-refractivity contribution is 7.98. The first kappa shape index (κ1) is 15.6. The van der Waals surface area contributed by atoms with Crippen LogP contribution >= 0.6 is 11.8 Å². The molecule has 0 aliphatic heterocycles.